The van der Waals surface area contributed by atoms with Gasteiger partial charge in [-0.05, 0) is 35.4 Å². The summed E-state index contributed by atoms with van der Waals surface area (Å²) in [5, 5.41) is 3.23. The normalized spacial score (nSPS) is 11.4. The van der Waals surface area contributed by atoms with Crippen molar-refractivity contribution in [3.63, 3.8) is 0 Å². The largest absolute Gasteiger partial charge is 0.573 e. The number of rotatable bonds is 5. The third-order valence-electron chi connectivity index (χ3n) is 2.70. The summed E-state index contributed by atoms with van der Waals surface area (Å²) in [6.45, 7) is 1.25. The number of alkyl halides is 3. The van der Waals surface area contributed by atoms with Gasteiger partial charge in [0.25, 0.3) is 0 Å². The quantitative estimate of drug-likeness (QED) is 0.839. The van der Waals surface area contributed by atoms with Crippen LogP contribution in [0.5, 0.6) is 5.75 Å². The summed E-state index contributed by atoms with van der Waals surface area (Å²) in [6, 6.07) is 13.7. The first-order chi connectivity index (χ1) is 9.92. The van der Waals surface area contributed by atoms with Crippen LogP contribution in [0, 0.1) is 0 Å². The van der Waals surface area contributed by atoms with E-state index in [4.69, 9.17) is 0 Å². The molecule has 2 aromatic carbocycles. The lowest BCUT2D eigenvalue weighted by atomic mass is 10.2. The molecule has 0 radical (unpaired) electrons. The summed E-state index contributed by atoms with van der Waals surface area (Å²) in [6.07, 6.45) is -4.65. The van der Waals surface area contributed by atoms with E-state index in [1.807, 2.05) is 24.3 Å². The molecule has 0 atom stereocenters. The number of benzene rings is 2. The van der Waals surface area contributed by atoms with Crippen LogP contribution in [-0.2, 0) is 13.1 Å². The van der Waals surface area contributed by atoms with Crippen molar-refractivity contribution in [3.8, 4) is 5.75 Å². The van der Waals surface area contributed by atoms with Crippen LogP contribution >= 0.6 is 15.9 Å². The van der Waals surface area contributed by atoms with E-state index in [1.165, 1.54) is 12.1 Å². The zero-order valence-corrected chi connectivity index (χ0v) is 12.5. The molecule has 0 aromatic heterocycles. The van der Waals surface area contributed by atoms with Crippen molar-refractivity contribution in [1.29, 1.82) is 0 Å². The van der Waals surface area contributed by atoms with Crippen molar-refractivity contribution in [2.24, 2.45) is 0 Å². The van der Waals surface area contributed by atoms with Gasteiger partial charge >= 0.3 is 6.36 Å². The van der Waals surface area contributed by atoms with E-state index in [1.54, 1.807) is 12.1 Å². The van der Waals surface area contributed by atoms with Gasteiger partial charge < -0.3 is 10.1 Å². The maximum absolute atomic E-state index is 12.0. The summed E-state index contributed by atoms with van der Waals surface area (Å²) < 4.78 is 40.9. The predicted molar refractivity (Wildman–Crippen MR) is 77.8 cm³/mol. The van der Waals surface area contributed by atoms with E-state index in [0.29, 0.717) is 13.1 Å². The summed E-state index contributed by atoms with van der Waals surface area (Å²) in [7, 11) is 0. The molecule has 6 heteroatoms. The third-order valence-corrected chi connectivity index (χ3v) is 3.20. The van der Waals surface area contributed by atoms with Gasteiger partial charge in [0.05, 0.1) is 0 Å². The number of nitrogens with one attached hydrogen (secondary N) is 1. The lowest BCUT2D eigenvalue weighted by Gasteiger charge is -2.10. The maximum Gasteiger partial charge on any atom is 0.573 e. The van der Waals surface area contributed by atoms with Gasteiger partial charge in [0.15, 0.2) is 0 Å². The van der Waals surface area contributed by atoms with Crippen molar-refractivity contribution in [2.75, 3.05) is 0 Å². The Kier molecular flexibility index (Phi) is 5.25. The van der Waals surface area contributed by atoms with E-state index in [9.17, 15) is 13.2 Å². The van der Waals surface area contributed by atoms with Crippen molar-refractivity contribution in [1.82, 2.24) is 5.32 Å². The van der Waals surface area contributed by atoms with Gasteiger partial charge in [-0.1, -0.05) is 40.2 Å². The topological polar surface area (TPSA) is 21.3 Å². The minimum Gasteiger partial charge on any atom is -0.406 e. The second-order valence-electron chi connectivity index (χ2n) is 4.43. The van der Waals surface area contributed by atoms with E-state index in [0.717, 1.165) is 15.6 Å². The van der Waals surface area contributed by atoms with Crippen LogP contribution in [0.1, 0.15) is 11.1 Å². The Morgan fingerprint density at radius 1 is 0.952 bits per heavy atom. The maximum atomic E-state index is 12.0. The zero-order chi connectivity index (χ0) is 15.3. The molecular formula is C15H13BrF3NO. The Labute approximate surface area is 129 Å². The molecule has 0 spiro atoms. The van der Waals surface area contributed by atoms with Crippen LogP contribution in [0.3, 0.4) is 0 Å². The van der Waals surface area contributed by atoms with Crippen molar-refractivity contribution >= 4 is 15.9 Å². The summed E-state index contributed by atoms with van der Waals surface area (Å²) >= 11 is 3.40. The molecule has 0 bridgehead atoms. The van der Waals surface area contributed by atoms with Crippen molar-refractivity contribution < 1.29 is 17.9 Å². The van der Waals surface area contributed by atoms with Gasteiger partial charge in [-0.2, -0.15) is 0 Å². The average Bonchev–Trinajstić information content (AvgIpc) is 2.39. The highest BCUT2D eigenvalue weighted by Crippen LogP contribution is 2.22. The third kappa shape index (κ3) is 5.77. The zero-order valence-electron chi connectivity index (χ0n) is 11.0. The molecule has 2 rings (SSSR count). The predicted octanol–water partition coefficient (Wildman–Crippen LogP) is 4.64. The van der Waals surface area contributed by atoms with Crippen LogP contribution in [0.25, 0.3) is 0 Å². The van der Waals surface area contributed by atoms with Crippen LogP contribution in [0.4, 0.5) is 13.2 Å². The fourth-order valence-electron chi connectivity index (χ4n) is 1.81. The molecule has 1 N–H and O–H groups in total. The molecular weight excluding hydrogens is 347 g/mol. The van der Waals surface area contributed by atoms with Gasteiger partial charge in [0.2, 0.25) is 0 Å². The Morgan fingerprint density at radius 3 is 2.24 bits per heavy atom. The van der Waals surface area contributed by atoms with Crippen LogP contribution in [-0.4, -0.2) is 6.36 Å². The molecule has 2 nitrogen and oxygen atoms in total. The summed E-state index contributed by atoms with van der Waals surface area (Å²) in [5.41, 5.74) is 2.01. The molecule has 0 heterocycles. The van der Waals surface area contributed by atoms with Crippen LogP contribution in [0.15, 0.2) is 53.0 Å². The standard InChI is InChI=1S/C15H13BrF3NO/c16-13-3-1-2-12(8-13)10-20-9-11-4-6-14(7-5-11)21-15(17,18)19/h1-8,20H,9-10H2. The monoisotopic (exact) mass is 359 g/mol. The molecule has 0 aliphatic heterocycles. The van der Waals surface area contributed by atoms with E-state index < -0.39 is 6.36 Å². The second kappa shape index (κ2) is 6.95. The number of ether oxygens (including phenoxy) is 1. The lowest BCUT2D eigenvalue weighted by Crippen LogP contribution is -2.17. The highest BCUT2D eigenvalue weighted by molar-refractivity contribution is 9.10. The van der Waals surface area contributed by atoms with E-state index >= 15 is 0 Å². The highest BCUT2D eigenvalue weighted by Gasteiger charge is 2.30. The number of hydrogen-bond donors (Lipinski definition) is 1. The molecule has 0 fully saturated rings. The molecule has 0 aliphatic rings. The van der Waals surface area contributed by atoms with E-state index in [2.05, 4.69) is 26.0 Å². The number of hydrogen-bond acceptors (Lipinski definition) is 2. The number of halogens is 4. The molecule has 112 valence electrons. The van der Waals surface area contributed by atoms with Gasteiger partial charge in [0, 0.05) is 17.6 Å². The average molecular weight is 360 g/mol. The molecule has 2 aromatic rings. The Bertz CT molecular complexity index is 584. The Morgan fingerprint density at radius 2 is 1.62 bits per heavy atom. The molecule has 0 amide bonds. The molecule has 0 aliphatic carbocycles. The first-order valence-electron chi connectivity index (χ1n) is 6.22. The van der Waals surface area contributed by atoms with Gasteiger partial charge in [-0.25, -0.2) is 0 Å². The van der Waals surface area contributed by atoms with Gasteiger partial charge in [-0.15, -0.1) is 13.2 Å². The lowest BCUT2D eigenvalue weighted by molar-refractivity contribution is -0.274. The smallest absolute Gasteiger partial charge is 0.406 e. The first kappa shape index (κ1) is 15.9. The fourth-order valence-corrected chi connectivity index (χ4v) is 2.25. The summed E-state index contributed by atoms with van der Waals surface area (Å²) in [4.78, 5) is 0. The van der Waals surface area contributed by atoms with Crippen molar-refractivity contribution in [3.05, 3.63) is 64.1 Å². The van der Waals surface area contributed by atoms with Crippen LogP contribution < -0.4 is 10.1 Å². The van der Waals surface area contributed by atoms with E-state index in [-0.39, 0.29) is 5.75 Å². The molecule has 0 saturated heterocycles. The summed E-state index contributed by atoms with van der Waals surface area (Å²) in [5.74, 6) is -0.210. The highest BCUT2D eigenvalue weighted by atomic mass is 79.9. The molecule has 0 saturated carbocycles. The second-order valence-corrected chi connectivity index (χ2v) is 5.34. The fraction of sp³-hybridized carbons (Fsp3) is 0.200. The Balaban J connectivity index is 1.84. The van der Waals surface area contributed by atoms with Gasteiger partial charge in [-0.3, -0.25) is 0 Å². The van der Waals surface area contributed by atoms with Crippen LogP contribution in [0.2, 0.25) is 0 Å². The van der Waals surface area contributed by atoms with Gasteiger partial charge in [0.1, 0.15) is 5.75 Å². The SMILES string of the molecule is FC(F)(F)Oc1ccc(CNCc2cccc(Br)c2)cc1. The first-order valence-corrected chi connectivity index (χ1v) is 7.01. The Hall–Kier alpha value is -1.53. The molecule has 0 unspecified atom stereocenters. The van der Waals surface area contributed by atoms with Crippen molar-refractivity contribution in [2.45, 2.75) is 19.5 Å². The molecule has 21 heavy (non-hydrogen) atoms. The minimum absolute atomic E-state index is 0.210. The minimum atomic E-state index is -4.65.